The van der Waals surface area contributed by atoms with Gasteiger partial charge in [0.25, 0.3) is 0 Å². The Morgan fingerprint density at radius 2 is 2.00 bits per heavy atom. The molecule has 1 unspecified atom stereocenters. The first-order chi connectivity index (χ1) is 13.2. The molecule has 3 rings (SSSR count). The zero-order valence-corrected chi connectivity index (χ0v) is 15.6. The van der Waals surface area contributed by atoms with Crippen LogP contribution in [0.5, 0.6) is 0 Å². The lowest BCUT2D eigenvalue weighted by Crippen LogP contribution is -2.40. The van der Waals surface area contributed by atoms with Crippen LogP contribution in [-0.4, -0.2) is 35.8 Å². The van der Waals surface area contributed by atoms with Crippen LogP contribution >= 0.6 is 0 Å². The molecule has 0 aromatic heterocycles. The quantitative estimate of drug-likeness (QED) is 0.738. The van der Waals surface area contributed by atoms with Crippen molar-refractivity contribution in [3.05, 3.63) is 78.4 Å². The van der Waals surface area contributed by atoms with E-state index in [1.54, 1.807) is 11.0 Å². The van der Waals surface area contributed by atoms with Crippen molar-refractivity contribution in [2.45, 2.75) is 25.9 Å². The molecule has 0 saturated carbocycles. The summed E-state index contributed by atoms with van der Waals surface area (Å²) in [7, 11) is 0. The van der Waals surface area contributed by atoms with Crippen LogP contribution in [0.25, 0.3) is 0 Å². The van der Waals surface area contributed by atoms with Crippen molar-refractivity contribution in [1.29, 1.82) is 0 Å². The van der Waals surface area contributed by atoms with Gasteiger partial charge in [-0.25, -0.2) is 4.79 Å². The van der Waals surface area contributed by atoms with Crippen molar-refractivity contribution < 1.29 is 9.63 Å². The number of amides is 2. The fraction of sp³-hybridized carbons (Fsp3) is 0.273. The standard InChI is InChI=1S/C22H25N3O2/c1-3-14-25(22(26)23-19-12-10-17(4-2)11-13-19)16-20-15-21(24-27-20)18-8-6-5-7-9-18/h3,5-13,20H,1,4,14-16H2,2H3,(H,23,26). The van der Waals surface area contributed by atoms with Crippen molar-refractivity contribution >= 4 is 17.4 Å². The van der Waals surface area contributed by atoms with Gasteiger partial charge in [-0.3, -0.25) is 0 Å². The number of rotatable bonds is 7. The van der Waals surface area contributed by atoms with Gasteiger partial charge < -0.3 is 15.1 Å². The minimum absolute atomic E-state index is 0.159. The second-order valence-electron chi connectivity index (χ2n) is 6.51. The van der Waals surface area contributed by atoms with Gasteiger partial charge >= 0.3 is 6.03 Å². The number of aryl methyl sites for hydroxylation is 1. The summed E-state index contributed by atoms with van der Waals surface area (Å²) < 4.78 is 0. The Hall–Kier alpha value is -3.08. The molecule has 0 saturated heterocycles. The Morgan fingerprint density at radius 1 is 1.26 bits per heavy atom. The van der Waals surface area contributed by atoms with Gasteiger partial charge in [0.1, 0.15) is 0 Å². The first kappa shape index (κ1) is 18.7. The number of hydrogen-bond donors (Lipinski definition) is 1. The molecule has 1 aliphatic heterocycles. The van der Waals surface area contributed by atoms with Crippen LogP contribution < -0.4 is 5.32 Å². The van der Waals surface area contributed by atoms with Crippen molar-refractivity contribution in [2.75, 3.05) is 18.4 Å². The first-order valence-corrected chi connectivity index (χ1v) is 9.23. The second-order valence-corrected chi connectivity index (χ2v) is 6.51. The summed E-state index contributed by atoms with van der Waals surface area (Å²) in [4.78, 5) is 19.9. The van der Waals surface area contributed by atoms with Gasteiger partial charge in [0.15, 0.2) is 6.10 Å². The number of carbonyl (C=O) groups is 1. The number of benzene rings is 2. The van der Waals surface area contributed by atoms with Gasteiger partial charge in [-0.2, -0.15) is 0 Å². The molecule has 1 N–H and O–H groups in total. The fourth-order valence-electron chi connectivity index (χ4n) is 3.00. The van der Waals surface area contributed by atoms with Gasteiger partial charge in [-0.05, 0) is 29.7 Å². The molecule has 140 valence electrons. The maximum absolute atomic E-state index is 12.7. The average Bonchev–Trinajstić information content (AvgIpc) is 3.17. The third-order valence-electron chi connectivity index (χ3n) is 4.51. The van der Waals surface area contributed by atoms with Gasteiger partial charge in [-0.1, -0.05) is 60.6 Å². The van der Waals surface area contributed by atoms with E-state index in [9.17, 15) is 4.79 Å². The molecule has 2 aromatic carbocycles. The van der Waals surface area contributed by atoms with Crippen molar-refractivity contribution in [1.82, 2.24) is 4.90 Å². The predicted molar refractivity (Wildman–Crippen MR) is 109 cm³/mol. The van der Waals surface area contributed by atoms with Crippen molar-refractivity contribution in [3.8, 4) is 0 Å². The molecule has 1 atom stereocenters. The topological polar surface area (TPSA) is 53.9 Å². The van der Waals surface area contributed by atoms with E-state index in [1.165, 1.54) is 5.56 Å². The fourth-order valence-corrected chi connectivity index (χ4v) is 3.00. The number of anilines is 1. The molecule has 27 heavy (non-hydrogen) atoms. The van der Waals surface area contributed by atoms with Crippen LogP contribution in [-0.2, 0) is 11.3 Å². The van der Waals surface area contributed by atoms with E-state index >= 15 is 0 Å². The van der Waals surface area contributed by atoms with E-state index in [4.69, 9.17) is 4.84 Å². The lowest BCUT2D eigenvalue weighted by atomic mass is 10.1. The van der Waals surface area contributed by atoms with Crippen LogP contribution in [0, 0.1) is 0 Å². The van der Waals surface area contributed by atoms with Gasteiger partial charge in [0.2, 0.25) is 0 Å². The molecule has 1 aliphatic rings. The number of urea groups is 1. The molecule has 1 heterocycles. The average molecular weight is 363 g/mol. The molecule has 5 nitrogen and oxygen atoms in total. The molecule has 2 aromatic rings. The molecular weight excluding hydrogens is 338 g/mol. The highest BCUT2D eigenvalue weighted by Crippen LogP contribution is 2.18. The lowest BCUT2D eigenvalue weighted by molar-refractivity contribution is 0.0645. The molecule has 5 heteroatoms. The van der Waals surface area contributed by atoms with E-state index in [0.29, 0.717) is 19.5 Å². The Bertz CT molecular complexity index is 800. The Labute approximate surface area is 160 Å². The van der Waals surface area contributed by atoms with Crippen LogP contribution in [0.3, 0.4) is 0 Å². The summed E-state index contributed by atoms with van der Waals surface area (Å²) in [5.74, 6) is 0. The summed E-state index contributed by atoms with van der Waals surface area (Å²) in [5.41, 5.74) is 3.98. The number of nitrogens with zero attached hydrogens (tertiary/aromatic N) is 2. The number of nitrogens with one attached hydrogen (secondary N) is 1. The molecule has 0 radical (unpaired) electrons. The van der Waals surface area contributed by atoms with Crippen LogP contribution in [0.15, 0.2) is 72.4 Å². The van der Waals surface area contributed by atoms with Crippen LogP contribution in [0.4, 0.5) is 10.5 Å². The maximum Gasteiger partial charge on any atom is 0.322 e. The number of hydrogen-bond acceptors (Lipinski definition) is 3. The summed E-state index contributed by atoms with van der Waals surface area (Å²) >= 11 is 0. The molecule has 0 bridgehead atoms. The maximum atomic E-state index is 12.7. The highest BCUT2D eigenvalue weighted by atomic mass is 16.6. The number of carbonyl (C=O) groups excluding carboxylic acids is 1. The van der Waals surface area contributed by atoms with Crippen molar-refractivity contribution in [2.24, 2.45) is 5.16 Å². The highest BCUT2D eigenvalue weighted by Gasteiger charge is 2.26. The van der Waals surface area contributed by atoms with E-state index in [-0.39, 0.29) is 12.1 Å². The zero-order valence-electron chi connectivity index (χ0n) is 15.6. The predicted octanol–water partition coefficient (Wildman–Crippen LogP) is 4.46. The monoisotopic (exact) mass is 363 g/mol. The summed E-state index contributed by atoms with van der Waals surface area (Å²) in [6, 6.07) is 17.7. The first-order valence-electron chi connectivity index (χ1n) is 9.23. The molecular formula is C22H25N3O2. The molecule has 0 fully saturated rings. The van der Waals surface area contributed by atoms with E-state index in [2.05, 4.69) is 24.0 Å². The third-order valence-corrected chi connectivity index (χ3v) is 4.51. The van der Waals surface area contributed by atoms with E-state index in [0.717, 1.165) is 23.4 Å². The van der Waals surface area contributed by atoms with Crippen molar-refractivity contribution in [3.63, 3.8) is 0 Å². The van der Waals surface area contributed by atoms with Gasteiger partial charge in [0, 0.05) is 18.7 Å². The summed E-state index contributed by atoms with van der Waals surface area (Å²) in [6.07, 6.45) is 3.21. The number of oxime groups is 1. The third kappa shape index (κ3) is 4.97. The van der Waals surface area contributed by atoms with E-state index < -0.39 is 0 Å². The molecule has 0 spiro atoms. The summed E-state index contributed by atoms with van der Waals surface area (Å²) in [6.45, 7) is 6.76. The largest absolute Gasteiger partial charge is 0.390 e. The minimum atomic E-state index is -0.170. The molecule has 2 amide bonds. The highest BCUT2D eigenvalue weighted by molar-refractivity contribution is 6.01. The SMILES string of the molecule is C=CCN(CC1CC(c2ccccc2)=NO1)C(=O)Nc1ccc(CC)cc1. The van der Waals surface area contributed by atoms with Crippen LogP contribution in [0.1, 0.15) is 24.5 Å². The Morgan fingerprint density at radius 3 is 2.67 bits per heavy atom. The van der Waals surface area contributed by atoms with Gasteiger partial charge in [0.05, 0.1) is 12.3 Å². The normalized spacial score (nSPS) is 15.6. The molecule has 0 aliphatic carbocycles. The Kier molecular flexibility index (Phi) is 6.26. The minimum Gasteiger partial charge on any atom is -0.390 e. The lowest BCUT2D eigenvalue weighted by Gasteiger charge is -2.24. The Balaban J connectivity index is 1.58. The van der Waals surface area contributed by atoms with E-state index in [1.807, 2.05) is 54.6 Å². The smallest absolute Gasteiger partial charge is 0.322 e. The second kappa shape index (κ2) is 9.03. The summed E-state index contributed by atoms with van der Waals surface area (Å²) in [5, 5.41) is 7.14. The zero-order chi connectivity index (χ0) is 19.1. The van der Waals surface area contributed by atoms with Crippen LogP contribution in [0.2, 0.25) is 0 Å². The van der Waals surface area contributed by atoms with Gasteiger partial charge in [-0.15, -0.1) is 6.58 Å².